The minimum absolute atomic E-state index is 0.0619. The number of nitrogens with zero attached hydrogens (tertiary/aromatic N) is 4. The minimum Gasteiger partial charge on any atom is -0.378 e. The Bertz CT molecular complexity index is 920. The molecule has 0 saturated carbocycles. The van der Waals surface area contributed by atoms with Gasteiger partial charge in [-0.25, -0.2) is 4.68 Å². The van der Waals surface area contributed by atoms with Crippen LogP contribution in [0.3, 0.4) is 0 Å². The molecule has 0 aliphatic carbocycles. The van der Waals surface area contributed by atoms with Crippen LogP contribution in [-0.4, -0.2) is 84.0 Å². The molecule has 8 heteroatoms. The van der Waals surface area contributed by atoms with Crippen LogP contribution in [0.1, 0.15) is 5.69 Å². The Labute approximate surface area is 164 Å². The SMILES string of the molecule is Cc1nn(CC(=O)N[C@@H]2COC[C@H]2N2CCN(C)CC2)c(=O)c2ccccc12. The van der Waals surface area contributed by atoms with E-state index in [1.807, 2.05) is 25.1 Å². The van der Waals surface area contributed by atoms with Gasteiger partial charge >= 0.3 is 0 Å². The predicted octanol–water partition coefficient (Wildman–Crippen LogP) is -0.164. The Morgan fingerprint density at radius 2 is 1.89 bits per heavy atom. The Morgan fingerprint density at radius 3 is 2.64 bits per heavy atom. The fraction of sp³-hybridized carbons (Fsp3) is 0.550. The second kappa shape index (κ2) is 7.98. The molecule has 0 bridgehead atoms. The van der Waals surface area contributed by atoms with Crippen molar-refractivity contribution in [2.45, 2.75) is 25.6 Å². The summed E-state index contributed by atoms with van der Waals surface area (Å²) in [6.07, 6.45) is 0. The van der Waals surface area contributed by atoms with Gasteiger partial charge in [0, 0.05) is 31.6 Å². The van der Waals surface area contributed by atoms with E-state index in [2.05, 4.69) is 27.3 Å². The number of hydrogen-bond donors (Lipinski definition) is 1. The van der Waals surface area contributed by atoms with Crippen molar-refractivity contribution in [2.24, 2.45) is 0 Å². The number of amides is 1. The Kier molecular flexibility index (Phi) is 5.43. The normalized spacial score (nSPS) is 23.9. The summed E-state index contributed by atoms with van der Waals surface area (Å²) in [6, 6.07) is 7.47. The highest BCUT2D eigenvalue weighted by Crippen LogP contribution is 2.16. The average molecular weight is 385 g/mol. The minimum atomic E-state index is -0.241. The van der Waals surface area contributed by atoms with E-state index in [1.165, 1.54) is 4.68 Å². The fourth-order valence-corrected chi connectivity index (χ4v) is 4.09. The first-order valence-corrected chi connectivity index (χ1v) is 9.79. The highest BCUT2D eigenvalue weighted by molar-refractivity contribution is 5.83. The lowest BCUT2D eigenvalue weighted by molar-refractivity contribution is -0.123. The molecule has 0 unspecified atom stereocenters. The van der Waals surface area contributed by atoms with Crippen LogP contribution < -0.4 is 10.9 Å². The van der Waals surface area contributed by atoms with Gasteiger partial charge in [0.15, 0.2) is 0 Å². The number of carbonyl (C=O) groups is 1. The molecule has 3 heterocycles. The molecule has 1 aromatic carbocycles. The summed E-state index contributed by atoms with van der Waals surface area (Å²) < 4.78 is 6.90. The molecule has 2 saturated heterocycles. The van der Waals surface area contributed by atoms with Gasteiger partial charge < -0.3 is 15.0 Å². The number of likely N-dealkylation sites (N-methyl/N-ethyl adjacent to an activating group) is 1. The van der Waals surface area contributed by atoms with Gasteiger partial charge in [0.05, 0.1) is 36.4 Å². The van der Waals surface area contributed by atoms with E-state index >= 15 is 0 Å². The molecule has 1 aromatic heterocycles. The molecule has 1 N–H and O–H groups in total. The summed E-state index contributed by atoms with van der Waals surface area (Å²) in [5.41, 5.74) is 0.497. The van der Waals surface area contributed by atoms with Gasteiger partial charge in [-0.1, -0.05) is 18.2 Å². The number of nitrogens with one attached hydrogen (secondary N) is 1. The second-order valence-electron chi connectivity index (χ2n) is 7.71. The maximum atomic E-state index is 12.7. The van der Waals surface area contributed by atoms with Crippen LogP contribution in [-0.2, 0) is 16.1 Å². The number of hydrogen-bond acceptors (Lipinski definition) is 6. The van der Waals surface area contributed by atoms with Gasteiger partial charge in [-0.15, -0.1) is 0 Å². The Morgan fingerprint density at radius 1 is 1.18 bits per heavy atom. The van der Waals surface area contributed by atoms with Crippen molar-refractivity contribution in [3.63, 3.8) is 0 Å². The lowest BCUT2D eigenvalue weighted by Gasteiger charge is -2.38. The first kappa shape index (κ1) is 19.0. The van der Waals surface area contributed by atoms with E-state index in [0.717, 1.165) is 37.3 Å². The molecule has 2 aromatic rings. The summed E-state index contributed by atoms with van der Waals surface area (Å²) in [4.78, 5) is 30.0. The zero-order valence-electron chi connectivity index (χ0n) is 16.4. The first-order valence-electron chi connectivity index (χ1n) is 9.79. The smallest absolute Gasteiger partial charge is 0.275 e. The van der Waals surface area contributed by atoms with Crippen LogP contribution in [0.4, 0.5) is 0 Å². The van der Waals surface area contributed by atoms with Crippen molar-refractivity contribution in [1.82, 2.24) is 24.9 Å². The Hall–Kier alpha value is -2.29. The van der Waals surface area contributed by atoms with Gasteiger partial charge in [0.1, 0.15) is 6.54 Å². The zero-order chi connectivity index (χ0) is 19.7. The number of ether oxygens (including phenoxy) is 1. The molecular weight excluding hydrogens is 358 g/mol. The number of aryl methyl sites for hydroxylation is 1. The summed E-state index contributed by atoms with van der Waals surface area (Å²) in [5, 5.41) is 8.80. The van der Waals surface area contributed by atoms with Gasteiger partial charge in [0.25, 0.3) is 5.56 Å². The van der Waals surface area contributed by atoms with Crippen LogP contribution in [0, 0.1) is 6.92 Å². The number of piperazine rings is 1. The van der Waals surface area contributed by atoms with E-state index in [-0.39, 0.29) is 30.1 Å². The Balaban J connectivity index is 1.45. The van der Waals surface area contributed by atoms with Gasteiger partial charge in [-0.05, 0) is 20.0 Å². The van der Waals surface area contributed by atoms with Crippen LogP contribution in [0.15, 0.2) is 29.1 Å². The van der Waals surface area contributed by atoms with Crippen LogP contribution in [0.25, 0.3) is 10.8 Å². The van der Waals surface area contributed by atoms with Crippen molar-refractivity contribution in [3.05, 3.63) is 40.3 Å². The molecule has 28 heavy (non-hydrogen) atoms. The summed E-state index contributed by atoms with van der Waals surface area (Å²) in [6.45, 7) is 6.88. The monoisotopic (exact) mass is 385 g/mol. The van der Waals surface area contributed by atoms with E-state index in [0.29, 0.717) is 18.6 Å². The third kappa shape index (κ3) is 3.80. The summed E-state index contributed by atoms with van der Waals surface area (Å²) in [5.74, 6) is -0.209. The van der Waals surface area contributed by atoms with Crippen molar-refractivity contribution in [3.8, 4) is 0 Å². The lowest BCUT2D eigenvalue weighted by atomic mass is 10.1. The third-order valence-corrected chi connectivity index (χ3v) is 5.75. The zero-order valence-corrected chi connectivity index (χ0v) is 16.4. The average Bonchev–Trinajstić information content (AvgIpc) is 3.14. The maximum Gasteiger partial charge on any atom is 0.275 e. The predicted molar refractivity (Wildman–Crippen MR) is 106 cm³/mol. The molecule has 0 spiro atoms. The number of fused-ring (bicyclic) bond motifs is 1. The number of benzene rings is 1. The van der Waals surface area contributed by atoms with Gasteiger partial charge in [0.2, 0.25) is 5.91 Å². The lowest BCUT2D eigenvalue weighted by Crippen LogP contribution is -2.56. The molecule has 2 atom stereocenters. The van der Waals surface area contributed by atoms with Crippen molar-refractivity contribution in [1.29, 1.82) is 0 Å². The van der Waals surface area contributed by atoms with Gasteiger partial charge in [-0.3, -0.25) is 14.5 Å². The van der Waals surface area contributed by atoms with Crippen LogP contribution in [0.5, 0.6) is 0 Å². The first-order chi connectivity index (χ1) is 13.5. The van der Waals surface area contributed by atoms with Crippen LogP contribution >= 0.6 is 0 Å². The van der Waals surface area contributed by atoms with E-state index in [1.54, 1.807) is 6.07 Å². The highest BCUT2D eigenvalue weighted by atomic mass is 16.5. The fourth-order valence-electron chi connectivity index (χ4n) is 4.09. The summed E-state index contributed by atoms with van der Waals surface area (Å²) in [7, 11) is 2.12. The molecule has 0 radical (unpaired) electrons. The highest BCUT2D eigenvalue weighted by Gasteiger charge is 2.35. The van der Waals surface area contributed by atoms with Crippen molar-refractivity contribution in [2.75, 3.05) is 46.4 Å². The van der Waals surface area contributed by atoms with Crippen molar-refractivity contribution >= 4 is 16.7 Å². The third-order valence-electron chi connectivity index (χ3n) is 5.75. The van der Waals surface area contributed by atoms with E-state index < -0.39 is 0 Å². The van der Waals surface area contributed by atoms with E-state index in [9.17, 15) is 9.59 Å². The molecule has 2 aliphatic rings. The molecule has 1 amide bonds. The number of carbonyl (C=O) groups excluding carboxylic acids is 1. The van der Waals surface area contributed by atoms with Gasteiger partial charge in [-0.2, -0.15) is 5.10 Å². The number of aromatic nitrogens is 2. The molecule has 2 fully saturated rings. The molecular formula is C20H27N5O3. The van der Waals surface area contributed by atoms with E-state index in [4.69, 9.17) is 4.74 Å². The largest absolute Gasteiger partial charge is 0.378 e. The summed E-state index contributed by atoms with van der Waals surface area (Å²) >= 11 is 0. The molecule has 4 rings (SSSR count). The van der Waals surface area contributed by atoms with Crippen LogP contribution in [0.2, 0.25) is 0 Å². The standard InChI is InChI=1S/C20H27N5O3/c1-14-15-5-3-4-6-16(15)20(27)25(22-14)11-19(26)21-17-12-28-13-18(17)24-9-7-23(2)8-10-24/h3-6,17-18H,7-13H2,1-2H3,(H,21,26)/t17-,18-/m1/s1. The topological polar surface area (TPSA) is 79.7 Å². The quantitative estimate of drug-likeness (QED) is 0.788. The molecule has 8 nitrogen and oxygen atoms in total. The molecule has 150 valence electrons. The molecule has 2 aliphatic heterocycles. The number of rotatable bonds is 4. The van der Waals surface area contributed by atoms with Crippen molar-refractivity contribution < 1.29 is 9.53 Å². The maximum absolute atomic E-state index is 12.7. The second-order valence-corrected chi connectivity index (χ2v) is 7.71.